The fourth-order valence-corrected chi connectivity index (χ4v) is 3.60. The number of hydrogen-bond donors (Lipinski definition) is 0. The van der Waals surface area contributed by atoms with Crippen LogP contribution in [0.3, 0.4) is 0 Å². The van der Waals surface area contributed by atoms with Gasteiger partial charge in [0.2, 0.25) is 10.0 Å². The summed E-state index contributed by atoms with van der Waals surface area (Å²) in [5.41, 5.74) is -0.914. The standard InChI is InChI=1S/C11H14N2O5S/c1-11(2)7-18-8-12(11)19(16,17)10-5-3-4-9(6-10)13(14)15/h3-6H,7-8H2,1-2H3. The zero-order chi connectivity index (χ0) is 14.3. The summed E-state index contributed by atoms with van der Waals surface area (Å²) < 4.78 is 31.3. The van der Waals surface area contributed by atoms with Crippen LogP contribution >= 0.6 is 0 Å². The Bertz CT molecular complexity index is 611. The van der Waals surface area contributed by atoms with E-state index in [0.29, 0.717) is 6.61 Å². The molecule has 1 aromatic rings. The predicted octanol–water partition coefficient (Wildman–Crippen LogP) is 1.35. The molecular weight excluding hydrogens is 272 g/mol. The van der Waals surface area contributed by atoms with Gasteiger partial charge in [-0.25, -0.2) is 8.42 Å². The lowest BCUT2D eigenvalue weighted by Gasteiger charge is -2.27. The van der Waals surface area contributed by atoms with Crippen molar-refractivity contribution < 1.29 is 18.1 Å². The molecule has 1 saturated heterocycles. The second-order valence-corrected chi connectivity index (χ2v) is 6.76. The van der Waals surface area contributed by atoms with Crippen molar-refractivity contribution in [3.05, 3.63) is 34.4 Å². The van der Waals surface area contributed by atoms with Crippen LogP contribution < -0.4 is 0 Å². The van der Waals surface area contributed by atoms with E-state index >= 15 is 0 Å². The molecule has 0 radical (unpaired) electrons. The monoisotopic (exact) mass is 286 g/mol. The Morgan fingerprint density at radius 1 is 1.42 bits per heavy atom. The Balaban J connectivity index is 2.45. The van der Waals surface area contributed by atoms with E-state index in [1.54, 1.807) is 13.8 Å². The highest BCUT2D eigenvalue weighted by atomic mass is 32.2. The van der Waals surface area contributed by atoms with Crippen molar-refractivity contribution in [2.24, 2.45) is 0 Å². The van der Waals surface area contributed by atoms with Gasteiger partial charge in [-0.15, -0.1) is 0 Å². The summed E-state index contributed by atoms with van der Waals surface area (Å²) in [7, 11) is -3.80. The summed E-state index contributed by atoms with van der Waals surface area (Å²) in [4.78, 5) is 9.98. The molecule has 0 bridgehead atoms. The molecule has 104 valence electrons. The number of nitrogens with zero attached hydrogens (tertiary/aromatic N) is 2. The number of nitro groups is 1. The van der Waals surface area contributed by atoms with Crippen LogP contribution in [0.2, 0.25) is 0 Å². The Morgan fingerprint density at radius 2 is 2.11 bits per heavy atom. The minimum atomic E-state index is -3.80. The number of rotatable bonds is 3. The number of nitro benzene ring substituents is 1. The van der Waals surface area contributed by atoms with Crippen LogP contribution in [0, 0.1) is 10.1 Å². The minimum absolute atomic E-state index is 0.0436. The van der Waals surface area contributed by atoms with Crippen LogP contribution in [0.15, 0.2) is 29.2 Å². The van der Waals surface area contributed by atoms with Crippen LogP contribution in [0.4, 0.5) is 5.69 Å². The fourth-order valence-electron chi connectivity index (χ4n) is 1.90. The van der Waals surface area contributed by atoms with E-state index in [9.17, 15) is 18.5 Å². The lowest BCUT2D eigenvalue weighted by Crippen LogP contribution is -2.44. The third-order valence-corrected chi connectivity index (χ3v) is 4.99. The smallest absolute Gasteiger partial charge is 0.270 e. The highest BCUT2D eigenvalue weighted by molar-refractivity contribution is 7.89. The average Bonchev–Trinajstić information content (AvgIpc) is 2.69. The summed E-state index contributed by atoms with van der Waals surface area (Å²) in [6.07, 6.45) is 0. The van der Waals surface area contributed by atoms with Crippen molar-refractivity contribution in [2.45, 2.75) is 24.3 Å². The van der Waals surface area contributed by atoms with E-state index in [1.165, 1.54) is 22.5 Å². The van der Waals surface area contributed by atoms with E-state index in [1.807, 2.05) is 0 Å². The maximum absolute atomic E-state index is 12.4. The van der Waals surface area contributed by atoms with Crippen molar-refractivity contribution in [1.29, 1.82) is 0 Å². The highest BCUT2D eigenvalue weighted by Gasteiger charge is 2.42. The number of hydrogen-bond acceptors (Lipinski definition) is 5. The molecule has 0 atom stereocenters. The van der Waals surface area contributed by atoms with Gasteiger partial charge in [-0.2, -0.15) is 4.31 Å². The molecule has 7 nitrogen and oxygen atoms in total. The van der Waals surface area contributed by atoms with Gasteiger partial charge >= 0.3 is 0 Å². The predicted molar refractivity (Wildman–Crippen MR) is 67.0 cm³/mol. The molecule has 1 aliphatic heterocycles. The van der Waals surface area contributed by atoms with Crippen molar-refractivity contribution in [3.63, 3.8) is 0 Å². The Morgan fingerprint density at radius 3 is 2.63 bits per heavy atom. The third-order valence-electron chi connectivity index (χ3n) is 2.96. The molecule has 8 heteroatoms. The molecule has 0 aliphatic carbocycles. The molecule has 0 saturated carbocycles. The lowest BCUT2D eigenvalue weighted by molar-refractivity contribution is -0.385. The zero-order valence-electron chi connectivity index (χ0n) is 10.6. The summed E-state index contributed by atoms with van der Waals surface area (Å²) in [6.45, 7) is 3.74. The van der Waals surface area contributed by atoms with E-state index in [0.717, 1.165) is 6.07 Å². The van der Waals surface area contributed by atoms with Crippen molar-refractivity contribution in [1.82, 2.24) is 4.31 Å². The van der Waals surface area contributed by atoms with Gasteiger partial charge in [-0.1, -0.05) is 6.07 Å². The number of ether oxygens (including phenoxy) is 1. The first-order valence-electron chi connectivity index (χ1n) is 5.60. The van der Waals surface area contributed by atoms with E-state index < -0.39 is 20.5 Å². The molecule has 0 N–H and O–H groups in total. The average molecular weight is 286 g/mol. The SMILES string of the molecule is CC1(C)COCN1S(=O)(=O)c1cccc([N+](=O)[O-])c1. The van der Waals surface area contributed by atoms with E-state index in [4.69, 9.17) is 4.74 Å². The van der Waals surface area contributed by atoms with Gasteiger partial charge in [-0.05, 0) is 19.9 Å². The van der Waals surface area contributed by atoms with Gasteiger partial charge in [-0.3, -0.25) is 10.1 Å². The second-order valence-electron chi connectivity index (χ2n) is 4.90. The topological polar surface area (TPSA) is 89.8 Å². The maximum Gasteiger partial charge on any atom is 0.270 e. The first kappa shape index (κ1) is 13.9. The Labute approximate surface area is 111 Å². The van der Waals surface area contributed by atoms with Crippen molar-refractivity contribution in [3.8, 4) is 0 Å². The molecule has 0 spiro atoms. The summed E-state index contributed by atoms with van der Waals surface area (Å²) in [5, 5.41) is 10.7. The summed E-state index contributed by atoms with van der Waals surface area (Å²) in [5.74, 6) is 0. The van der Waals surface area contributed by atoms with Crippen LogP contribution in [0.25, 0.3) is 0 Å². The minimum Gasteiger partial charge on any atom is -0.363 e. The molecular formula is C11H14N2O5S. The second kappa shape index (κ2) is 4.55. The van der Waals surface area contributed by atoms with Crippen LogP contribution in [0.1, 0.15) is 13.8 Å². The molecule has 2 rings (SSSR count). The fraction of sp³-hybridized carbons (Fsp3) is 0.455. The molecule has 1 aromatic carbocycles. The number of benzene rings is 1. The lowest BCUT2D eigenvalue weighted by atomic mass is 10.1. The zero-order valence-corrected chi connectivity index (χ0v) is 11.4. The summed E-state index contributed by atoms with van der Waals surface area (Å²) in [6, 6.07) is 5.01. The Kier molecular flexibility index (Phi) is 3.33. The third kappa shape index (κ3) is 2.46. The molecule has 0 aromatic heterocycles. The van der Waals surface area contributed by atoms with Crippen molar-refractivity contribution in [2.75, 3.05) is 13.3 Å². The maximum atomic E-state index is 12.4. The number of non-ortho nitro benzene ring substituents is 1. The Hall–Kier alpha value is -1.51. The van der Waals surface area contributed by atoms with Crippen LogP contribution in [0.5, 0.6) is 0 Å². The summed E-state index contributed by atoms with van der Waals surface area (Å²) >= 11 is 0. The van der Waals surface area contributed by atoms with Crippen LogP contribution in [-0.4, -0.2) is 36.5 Å². The largest absolute Gasteiger partial charge is 0.363 e. The van der Waals surface area contributed by atoms with E-state index in [2.05, 4.69) is 0 Å². The highest BCUT2D eigenvalue weighted by Crippen LogP contribution is 2.30. The van der Waals surface area contributed by atoms with Crippen molar-refractivity contribution >= 4 is 15.7 Å². The molecule has 0 unspecified atom stereocenters. The molecule has 1 fully saturated rings. The van der Waals surface area contributed by atoms with Gasteiger partial charge in [0, 0.05) is 12.1 Å². The van der Waals surface area contributed by atoms with Gasteiger partial charge in [0.05, 0.1) is 22.0 Å². The van der Waals surface area contributed by atoms with Gasteiger partial charge in [0.25, 0.3) is 5.69 Å². The number of sulfonamides is 1. The first-order valence-corrected chi connectivity index (χ1v) is 7.04. The molecule has 19 heavy (non-hydrogen) atoms. The van der Waals surface area contributed by atoms with Gasteiger partial charge in [0.1, 0.15) is 6.73 Å². The normalized spacial score (nSPS) is 19.5. The van der Waals surface area contributed by atoms with Gasteiger partial charge in [0.15, 0.2) is 0 Å². The van der Waals surface area contributed by atoms with Gasteiger partial charge < -0.3 is 4.74 Å². The molecule has 1 heterocycles. The molecule has 1 aliphatic rings. The van der Waals surface area contributed by atoms with E-state index in [-0.39, 0.29) is 17.3 Å². The first-order chi connectivity index (χ1) is 8.75. The molecule has 0 amide bonds. The van der Waals surface area contributed by atoms with Crippen LogP contribution in [-0.2, 0) is 14.8 Å². The quantitative estimate of drug-likeness (QED) is 0.618.